The van der Waals surface area contributed by atoms with Gasteiger partial charge < -0.3 is 15.2 Å². The zero-order chi connectivity index (χ0) is 7.45. The van der Waals surface area contributed by atoms with Crippen LogP contribution in [0.25, 0.3) is 0 Å². The van der Waals surface area contributed by atoms with Crippen LogP contribution in [0.15, 0.2) is 0 Å². The van der Waals surface area contributed by atoms with Crippen molar-refractivity contribution in [3.8, 4) is 0 Å². The van der Waals surface area contributed by atoms with Gasteiger partial charge in [-0.3, -0.25) is 0 Å². The molecule has 1 aliphatic heterocycles. The van der Waals surface area contributed by atoms with Crippen molar-refractivity contribution in [3.63, 3.8) is 0 Å². The summed E-state index contributed by atoms with van der Waals surface area (Å²) in [5.74, 6) is 0. The van der Waals surface area contributed by atoms with Crippen LogP contribution in [-0.4, -0.2) is 37.5 Å². The van der Waals surface area contributed by atoms with E-state index in [4.69, 9.17) is 4.74 Å². The van der Waals surface area contributed by atoms with Gasteiger partial charge in [-0.2, -0.15) is 0 Å². The fourth-order valence-electron chi connectivity index (χ4n) is 1.34. The van der Waals surface area contributed by atoms with E-state index in [2.05, 4.69) is 5.32 Å². The second-order valence-corrected chi connectivity index (χ2v) is 2.94. The summed E-state index contributed by atoms with van der Waals surface area (Å²) >= 11 is 0. The second-order valence-electron chi connectivity index (χ2n) is 2.94. The van der Waals surface area contributed by atoms with E-state index in [1.807, 2.05) is 0 Å². The fourth-order valence-corrected chi connectivity index (χ4v) is 1.34. The van der Waals surface area contributed by atoms with Gasteiger partial charge >= 0.3 is 0 Å². The van der Waals surface area contributed by atoms with Crippen LogP contribution in [-0.2, 0) is 4.74 Å². The number of β-amino-alcohol motifs (C(OH)–C–C–N with tert-alkyl or cyclic N) is 1. The lowest BCUT2D eigenvalue weighted by molar-refractivity contribution is -0.0458. The first kappa shape index (κ1) is 7.98. The molecule has 2 N–H and O–H groups in total. The van der Waals surface area contributed by atoms with E-state index < -0.39 is 5.60 Å². The normalized spacial score (nSPS) is 34.2. The molecule has 0 aliphatic carbocycles. The zero-order valence-corrected chi connectivity index (χ0v) is 6.39. The first-order valence-corrected chi connectivity index (χ1v) is 3.69. The van der Waals surface area contributed by atoms with Gasteiger partial charge in [0.15, 0.2) is 0 Å². The zero-order valence-electron chi connectivity index (χ0n) is 6.39. The average Bonchev–Trinajstić information content (AvgIpc) is 1.89. The van der Waals surface area contributed by atoms with Crippen molar-refractivity contribution >= 4 is 0 Å². The molecule has 0 aromatic rings. The fraction of sp³-hybridized carbons (Fsp3) is 1.00. The Hall–Kier alpha value is -0.120. The summed E-state index contributed by atoms with van der Waals surface area (Å²) in [6.45, 7) is 2.13. The Morgan fingerprint density at radius 1 is 1.70 bits per heavy atom. The van der Waals surface area contributed by atoms with Crippen molar-refractivity contribution in [3.05, 3.63) is 0 Å². The van der Waals surface area contributed by atoms with Gasteiger partial charge in [0.2, 0.25) is 0 Å². The molecule has 1 rings (SSSR count). The van der Waals surface area contributed by atoms with Crippen LogP contribution >= 0.6 is 0 Å². The maximum atomic E-state index is 9.68. The molecule has 0 aromatic heterocycles. The number of aliphatic hydroxyl groups is 1. The van der Waals surface area contributed by atoms with Crippen LogP contribution in [0, 0.1) is 0 Å². The highest BCUT2D eigenvalue weighted by Gasteiger charge is 2.28. The number of methoxy groups -OCH3 is 1. The molecule has 1 atom stereocenters. The van der Waals surface area contributed by atoms with Crippen molar-refractivity contribution in [2.45, 2.75) is 18.4 Å². The molecule has 0 spiro atoms. The molecule has 60 valence electrons. The SMILES string of the molecule is COC[C@]1(O)CCCNC1. The van der Waals surface area contributed by atoms with Crippen LogP contribution in [0.4, 0.5) is 0 Å². The van der Waals surface area contributed by atoms with Crippen molar-refractivity contribution < 1.29 is 9.84 Å². The van der Waals surface area contributed by atoms with Gasteiger partial charge in [-0.05, 0) is 19.4 Å². The van der Waals surface area contributed by atoms with Crippen molar-refractivity contribution in [1.82, 2.24) is 5.32 Å². The molecule has 0 radical (unpaired) electrons. The standard InChI is InChI=1S/C7H15NO2/c1-10-6-7(9)3-2-4-8-5-7/h8-9H,2-6H2,1H3/t7-/m0/s1. The van der Waals surface area contributed by atoms with E-state index >= 15 is 0 Å². The second kappa shape index (κ2) is 3.32. The van der Waals surface area contributed by atoms with Gasteiger partial charge in [-0.1, -0.05) is 0 Å². The molecule has 3 heteroatoms. The van der Waals surface area contributed by atoms with Gasteiger partial charge in [-0.15, -0.1) is 0 Å². The van der Waals surface area contributed by atoms with Gasteiger partial charge in [0.1, 0.15) is 5.60 Å². The third kappa shape index (κ3) is 1.94. The Morgan fingerprint density at radius 2 is 2.50 bits per heavy atom. The van der Waals surface area contributed by atoms with Gasteiger partial charge in [0.05, 0.1) is 6.61 Å². The van der Waals surface area contributed by atoms with Crippen molar-refractivity contribution in [1.29, 1.82) is 0 Å². The van der Waals surface area contributed by atoms with Gasteiger partial charge in [0.25, 0.3) is 0 Å². The lowest BCUT2D eigenvalue weighted by Gasteiger charge is -2.31. The first-order valence-electron chi connectivity index (χ1n) is 3.69. The van der Waals surface area contributed by atoms with E-state index in [9.17, 15) is 5.11 Å². The minimum Gasteiger partial charge on any atom is -0.386 e. The summed E-state index contributed by atoms with van der Waals surface area (Å²) in [5.41, 5.74) is -0.604. The molecule has 0 amide bonds. The summed E-state index contributed by atoms with van der Waals surface area (Å²) < 4.78 is 4.89. The van der Waals surface area contributed by atoms with E-state index in [0.717, 1.165) is 19.4 Å². The summed E-state index contributed by atoms with van der Waals surface area (Å²) in [6.07, 6.45) is 1.90. The predicted molar refractivity (Wildman–Crippen MR) is 38.9 cm³/mol. The number of rotatable bonds is 2. The Kier molecular flexibility index (Phi) is 2.65. The third-order valence-electron chi connectivity index (χ3n) is 1.86. The molecule has 3 nitrogen and oxygen atoms in total. The van der Waals surface area contributed by atoms with Crippen LogP contribution < -0.4 is 5.32 Å². The topological polar surface area (TPSA) is 41.5 Å². The molecule has 1 aliphatic rings. The third-order valence-corrected chi connectivity index (χ3v) is 1.86. The Bertz CT molecular complexity index is 94.3. The maximum Gasteiger partial charge on any atom is 0.100 e. The molecule has 0 bridgehead atoms. The Balaban J connectivity index is 2.32. The van der Waals surface area contributed by atoms with Crippen LogP contribution in [0.1, 0.15) is 12.8 Å². The predicted octanol–water partition coefficient (Wildman–Crippen LogP) is -0.253. The molecule has 1 saturated heterocycles. The number of hydrogen-bond donors (Lipinski definition) is 2. The molecule has 10 heavy (non-hydrogen) atoms. The number of ether oxygens (including phenoxy) is 1. The van der Waals surface area contributed by atoms with E-state index in [-0.39, 0.29) is 0 Å². The Morgan fingerprint density at radius 3 is 3.00 bits per heavy atom. The minimum absolute atomic E-state index is 0.444. The van der Waals surface area contributed by atoms with Crippen LogP contribution in [0.5, 0.6) is 0 Å². The quantitative estimate of drug-likeness (QED) is 0.563. The lowest BCUT2D eigenvalue weighted by atomic mass is 9.95. The van der Waals surface area contributed by atoms with Gasteiger partial charge in [0, 0.05) is 13.7 Å². The molecule has 1 fully saturated rings. The van der Waals surface area contributed by atoms with Crippen LogP contribution in [0.2, 0.25) is 0 Å². The molecule has 0 saturated carbocycles. The number of hydrogen-bond acceptors (Lipinski definition) is 3. The molecular formula is C7H15NO2. The lowest BCUT2D eigenvalue weighted by Crippen LogP contribution is -2.48. The molecular weight excluding hydrogens is 130 g/mol. The summed E-state index contributed by atoms with van der Waals surface area (Å²) in [4.78, 5) is 0. The Labute approximate surface area is 61.4 Å². The highest BCUT2D eigenvalue weighted by atomic mass is 16.5. The van der Waals surface area contributed by atoms with Crippen LogP contribution in [0.3, 0.4) is 0 Å². The molecule has 0 aromatic carbocycles. The minimum atomic E-state index is -0.604. The van der Waals surface area contributed by atoms with Crippen molar-refractivity contribution in [2.75, 3.05) is 26.8 Å². The monoisotopic (exact) mass is 145 g/mol. The summed E-state index contributed by atoms with van der Waals surface area (Å²) in [7, 11) is 1.62. The smallest absolute Gasteiger partial charge is 0.100 e. The van der Waals surface area contributed by atoms with E-state index in [1.54, 1.807) is 7.11 Å². The number of nitrogens with one attached hydrogen (secondary N) is 1. The largest absolute Gasteiger partial charge is 0.386 e. The van der Waals surface area contributed by atoms with Crippen molar-refractivity contribution in [2.24, 2.45) is 0 Å². The molecule has 0 unspecified atom stereocenters. The molecule has 1 heterocycles. The average molecular weight is 145 g/mol. The highest BCUT2D eigenvalue weighted by molar-refractivity contribution is 4.84. The van der Waals surface area contributed by atoms with Gasteiger partial charge in [-0.25, -0.2) is 0 Å². The summed E-state index contributed by atoms with van der Waals surface area (Å²) in [5, 5.41) is 12.8. The maximum absolute atomic E-state index is 9.68. The van der Waals surface area contributed by atoms with E-state index in [1.165, 1.54) is 0 Å². The highest BCUT2D eigenvalue weighted by Crippen LogP contribution is 2.15. The van der Waals surface area contributed by atoms with E-state index in [0.29, 0.717) is 13.2 Å². The summed E-state index contributed by atoms with van der Waals surface area (Å²) in [6, 6.07) is 0. The number of piperidine rings is 1. The first-order chi connectivity index (χ1) is 4.77.